The molecule has 3 heterocycles. The average molecular weight is 328 g/mol. The molecule has 0 spiro atoms. The topological polar surface area (TPSA) is 59.2 Å². The third kappa shape index (κ3) is 3.41. The quantitative estimate of drug-likeness (QED) is 0.760. The Labute approximate surface area is 141 Å². The average Bonchev–Trinajstić information content (AvgIpc) is 2.92. The first-order chi connectivity index (χ1) is 11.6. The maximum absolute atomic E-state index is 11.7. The van der Waals surface area contributed by atoms with E-state index in [2.05, 4.69) is 33.5 Å². The summed E-state index contributed by atoms with van der Waals surface area (Å²) in [6, 6.07) is 1.66. The van der Waals surface area contributed by atoms with Crippen LogP contribution in [0.3, 0.4) is 0 Å². The summed E-state index contributed by atoms with van der Waals surface area (Å²) >= 11 is 0. The summed E-state index contributed by atoms with van der Waals surface area (Å²) in [5, 5.41) is 8.52. The van der Waals surface area contributed by atoms with Gasteiger partial charge in [0.15, 0.2) is 0 Å². The molecule has 0 aromatic carbocycles. The van der Waals surface area contributed by atoms with Gasteiger partial charge in [0.05, 0.1) is 24.6 Å². The summed E-state index contributed by atoms with van der Waals surface area (Å²) in [6.45, 7) is 11.2. The van der Waals surface area contributed by atoms with Crippen molar-refractivity contribution in [3.8, 4) is 0 Å². The molecule has 1 saturated heterocycles. The zero-order valence-corrected chi connectivity index (χ0v) is 14.4. The van der Waals surface area contributed by atoms with Crippen LogP contribution in [-0.4, -0.2) is 50.6 Å². The van der Waals surface area contributed by atoms with E-state index in [1.165, 1.54) is 15.9 Å². The Morgan fingerprint density at radius 3 is 2.62 bits per heavy atom. The van der Waals surface area contributed by atoms with Crippen LogP contribution in [-0.2, 0) is 20.1 Å². The first-order valence-electron chi connectivity index (χ1n) is 8.21. The predicted molar refractivity (Wildman–Crippen MR) is 94.1 cm³/mol. The van der Waals surface area contributed by atoms with E-state index in [4.69, 9.17) is 0 Å². The van der Waals surface area contributed by atoms with Crippen LogP contribution in [0.4, 0.5) is 5.69 Å². The molecule has 0 saturated carbocycles. The number of aromatic nitrogens is 4. The first kappa shape index (κ1) is 16.4. The minimum Gasteiger partial charge on any atom is -0.368 e. The van der Waals surface area contributed by atoms with Crippen molar-refractivity contribution in [3.63, 3.8) is 0 Å². The summed E-state index contributed by atoms with van der Waals surface area (Å²) < 4.78 is 3.33. The number of aryl methyl sites for hydroxylation is 1. The summed E-state index contributed by atoms with van der Waals surface area (Å²) in [4.78, 5) is 16.4. The van der Waals surface area contributed by atoms with E-state index in [0.29, 0.717) is 0 Å². The Hall–Kier alpha value is -2.41. The van der Waals surface area contributed by atoms with E-state index < -0.39 is 0 Å². The second kappa shape index (κ2) is 7.00. The second-order valence-corrected chi connectivity index (χ2v) is 6.16. The van der Waals surface area contributed by atoms with Crippen LogP contribution >= 0.6 is 0 Å². The Kier molecular flexibility index (Phi) is 4.80. The van der Waals surface area contributed by atoms with E-state index in [1.807, 2.05) is 17.0 Å². The Morgan fingerprint density at radius 2 is 1.96 bits per heavy atom. The molecule has 1 aliphatic rings. The fourth-order valence-electron chi connectivity index (χ4n) is 2.98. The van der Waals surface area contributed by atoms with Crippen molar-refractivity contribution >= 4 is 5.69 Å². The zero-order chi connectivity index (χ0) is 17.1. The lowest BCUT2D eigenvalue weighted by Gasteiger charge is -2.35. The van der Waals surface area contributed by atoms with Gasteiger partial charge < -0.3 is 4.90 Å². The largest absolute Gasteiger partial charge is 0.368 e. The maximum Gasteiger partial charge on any atom is 0.268 e. The molecule has 1 aliphatic heterocycles. The molecule has 0 atom stereocenters. The third-order valence-electron chi connectivity index (χ3n) is 4.59. The Balaban J connectivity index is 1.60. The minimum atomic E-state index is -0.0693. The van der Waals surface area contributed by atoms with Gasteiger partial charge in [-0.3, -0.25) is 14.4 Å². The molecule has 3 rings (SSSR count). The molecule has 24 heavy (non-hydrogen) atoms. The van der Waals surface area contributed by atoms with Crippen LogP contribution in [0.15, 0.2) is 35.9 Å². The summed E-state index contributed by atoms with van der Waals surface area (Å²) in [7, 11) is 1.67. The van der Waals surface area contributed by atoms with E-state index >= 15 is 0 Å². The zero-order valence-electron chi connectivity index (χ0n) is 14.4. The van der Waals surface area contributed by atoms with Gasteiger partial charge in [-0.2, -0.15) is 10.2 Å². The molecule has 7 nitrogen and oxygen atoms in total. The van der Waals surface area contributed by atoms with Gasteiger partial charge in [0.1, 0.15) is 0 Å². The van der Waals surface area contributed by atoms with Crippen molar-refractivity contribution in [3.05, 3.63) is 52.7 Å². The van der Waals surface area contributed by atoms with Crippen molar-refractivity contribution in [1.82, 2.24) is 24.5 Å². The van der Waals surface area contributed by atoms with Crippen LogP contribution in [0.2, 0.25) is 0 Å². The van der Waals surface area contributed by atoms with Crippen molar-refractivity contribution in [2.75, 3.05) is 31.1 Å². The monoisotopic (exact) mass is 328 g/mol. The van der Waals surface area contributed by atoms with Gasteiger partial charge in [-0.25, -0.2) is 4.68 Å². The number of hydrogen-bond acceptors (Lipinski definition) is 5. The molecule has 0 bridgehead atoms. The fraction of sp³-hybridized carbons (Fsp3) is 0.471. The number of allylic oxidation sites excluding steroid dienone is 1. The molecule has 0 aliphatic carbocycles. The van der Waals surface area contributed by atoms with Crippen LogP contribution in [0, 0.1) is 6.92 Å². The van der Waals surface area contributed by atoms with Crippen LogP contribution < -0.4 is 10.5 Å². The van der Waals surface area contributed by atoms with Crippen LogP contribution in [0.1, 0.15) is 11.3 Å². The van der Waals surface area contributed by atoms with E-state index in [0.717, 1.165) is 45.0 Å². The maximum atomic E-state index is 11.7. The highest BCUT2D eigenvalue weighted by atomic mass is 16.1. The van der Waals surface area contributed by atoms with E-state index in [-0.39, 0.29) is 5.56 Å². The molecule has 128 valence electrons. The number of piperazine rings is 1. The highest BCUT2D eigenvalue weighted by molar-refractivity contribution is 5.43. The molecule has 7 heteroatoms. The van der Waals surface area contributed by atoms with Crippen LogP contribution in [0.25, 0.3) is 0 Å². The molecule has 2 aromatic rings. The van der Waals surface area contributed by atoms with E-state index in [1.54, 1.807) is 19.3 Å². The molecular weight excluding hydrogens is 304 g/mol. The summed E-state index contributed by atoms with van der Waals surface area (Å²) in [5.74, 6) is 0. The van der Waals surface area contributed by atoms with Crippen molar-refractivity contribution in [2.45, 2.75) is 20.0 Å². The van der Waals surface area contributed by atoms with Gasteiger partial charge in [0.25, 0.3) is 5.56 Å². The molecule has 0 N–H and O–H groups in total. The summed E-state index contributed by atoms with van der Waals surface area (Å²) in [6.07, 6.45) is 5.58. The SMILES string of the molecule is C=CCn1ncc(CN2CCN(c3cnn(C)c(=O)c3)CC2)c1C. The second-order valence-electron chi connectivity index (χ2n) is 6.16. The molecule has 0 radical (unpaired) electrons. The van der Waals surface area contributed by atoms with Crippen LogP contribution in [0.5, 0.6) is 0 Å². The van der Waals surface area contributed by atoms with Crippen molar-refractivity contribution < 1.29 is 0 Å². The predicted octanol–water partition coefficient (Wildman–Crippen LogP) is 0.793. The number of hydrogen-bond donors (Lipinski definition) is 0. The van der Waals surface area contributed by atoms with Crippen molar-refractivity contribution in [2.24, 2.45) is 7.05 Å². The smallest absolute Gasteiger partial charge is 0.268 e. The molecule has 0 unspecified atom stereocenters. The van der Waals surface area contributed by atoms with Gasteiger partial charge in [-0.15, -0.1) is 6.58 Å². The third-order valence-corrected chi connectivity index (χ3v) is 4.59. The number of rotatable bonds is 5. The fourth-order valence-corrected chi connectivity index (χ4v) is 2.98. The highest BCUT2D eigenvalue weighted by Crippen LogP contribution is 2.16. The highest BCUT2D eigenvalue weighted by Gasteiger charge is 2.19. The molecule has 1 fully saturated rings. The van der Waals surface area contributed by atoms with Gasteiger partial charge in [-0.05, 0) is 6.92 Å². The number of nitrogens with zero attached hydrogens (tertiary/aromatic N) is 6. The first-order valence-corrected chi connectivity index (χ1v) is 8.21. The van der Waals surface area contributed by atoms with Crippen molar-refractivity contribution in [1.29, 1.82) is 0 Å². The molecule has 0 amide bonds. The van der Waals surface area contributed by atoms with Gasteiger partial charge in [-0.1, -0.05) is 6.08 Å². The molecule has 2 aromatic heterocycles. The summed E-state index contributed by atoms with van der Waals surface area (Å²) in [5.41, 5.74) is 3.31. The van der Waals surface area contributed by atoms with Gasteiger partial charge in [0.2, 0.25) is 0 Å². The number of anilines is 1. The lowest BCUT2D eigenvalue weighted by molar-refractivity contribution is 0.249. The Morgan fingerprint density at radius 1 is 1.21 bits per heavy atom. The molecular formula is C17H24N6O. The lowest BCUT2D eigenvalue weighted by Crippen LogP contribution is -2.46. The van der Waals surface area contributed by atoms with E-state index in [9.17, 15) is 4.79 Å². The normalized spacial score (nSPS) is 15.7. The minimum absolute atomic E-state index is 0.0693. The standard InChI is InChI=1S/C17H24N6O/c1-4-5-23-14(2)15(11-19-23)13-21-6-8-22(9-7-21)16-10-17(24)20(3)18-12-16/h4,10-12H,1,5-9,13H2,2-3H3. The van der Waals surface area contributed by atoms with Gasteiger partial charge in [0, 0.05) is 57.1 Å². The van der Waals surface area contributed by atoms with Gasteiger partial charge >= 0.3 is 0 Å². The lowest BCUT2D eigenvalue weighted by atomic mass is 10.2. The Bertz CT molecular complexity index is 770.